The first-order valence-electron chi connectivity index (χ1n) is 6.47. The van der Waals surface area contributed by atoms with Gasteiger partial charge in [-0.1, -0.05) is 12.1 Å². The van der Waals surface area contributed by atoms with Crippen molar-refractivity contribution in [1.29, 1.82) is 0 Å². The van der Waals surface area contributed by atoms with Crippen LogP contribution in [0.3, 0.4) is 0 Å². The molecule has 0 radical (unpaired) electrons. The highest BCUT2D eigenvalue weighted by atomic mass is 16.5. The van der Waals surface area contributed by atoms with Crippen LogP contribution < -0.4 is 10.1 Å². The van der Waals surface area contributed by atoms with Crippen molar-refractivity contribution in [3.05, 3.63) is 47.3 Å². The topological polar surface area (TPSA) is 39.1 Å². The molecule has 0 saturated heterocycles. The summed E-state index contributed by atoms with van der Waals surface area (Å²) in [7, 11) is 3.66. The standard InChI is InChI=1S/C15H21N3O/c1-11-9-14(18(3)17-11)10-16-12(2)13-5-7-15(19-4)8-6-13/h5-9,12,16H,10H2,1-4H3. The summed E-state index contributed by atoms with van der Waals surface area (Å²) in [6.07, 6.45) is 0. The van der Waals surface area contributed by atoms with Crippen LogP contribution in [-0.4, -0.2) is 16.9 Å². The summed E-state index contributed by atoms with van der Waals surface area (Å²) < 4.78 is 7.08. The van der Waals surface area contributed by atoms with E-state index in [9.17, 15) is 0 Å². The van der Waals surface area contributed by atoms with Crippen molar-refractivity contribution in [3.8, 4) is 5.75 Å². The Morgan fingerprint density at radius 1 is 1.32 bits per heavy atom. The van der Waals surface area contributed by atoms with Gasteiger partial charge in [0.05, 0.1) is 18.5 Å². The van der Waals surface area contributed by atoms with E-state index in [4.69, 9.17) is 4.74 Å². The molecule has 19 heavy (non-hydrogen) atoms. The minimum atomic E-state index is 0.293. The van der Waals surface area contributed by atoms with E-state index < -0.39 is 0 Å². The van der Waals surface area contributed by atoms with Crippen LogP contribution >= 0.6 is 0 Å². The Kier molecular flexibility index (Phi) is 4.22. The van der Waals surface area contributed by atoms with Crippen LogP contribution in [0.4, 0.5) is 0 Å². The summed E-state index contributed by atoms with van der Waals surface area (Å²) in [6.45, 7) is 4.98. The number of nitrogens with zero attached hydrogens (tertiary/aromatic N) is 2. The molecule has 0 saturated carbocycles. The SMILES string of the molecule is COc1ccc(C(C)NCc2cc(C)nn2C)cc1. The van der Waals surface area contributed by atoms with Crippen molar-refractivity contribution in [2.24, 2.45) is 7.05 Å². The molecule has 2 aromatic rings. The first kappa shape index (κ1) is 13.6. The molecule has 1 N–H and O–H groups in total. The highest BCUT2D eigenvalue weighted by Gasteiger charge is 2.07. The minimum absolute atomic E-state index is 0.293. The average Bonchev–Trinajstić information content (AvgIpc) is 2.74. The van der Waals surface area contributed by atoms with Crippen LogP contribution in [0.1, 0.15) is 29.9 Å². The van der Waals surface area contributed by atoms with Gasteiger partial charge >= 0.3 is 0 Å². The van der Waals surface area contributed by atoms with Gasteiger partial charge in [0.2, 0.25) is 0 Å². The number of hydrogen-bond donors (Lipinski definition) is 1. The molecule has 4 nitrogen and oxygen atoms in total. The molecule has 2 rings (SSSR count). The van der Waals surface area contributed by atoms with Crippen molar-refractivity contribution >= 4 is 0 Å². The molecule has 0 aliphatic heterocycles. The second kappa shape index (κ2) is 5.89. The van der Waals surface area contributed by atoms with Gasteiger partial charge in [-0.3, -0.25) is 4.68 Å². The number of rotatable bonds is 5. The van der Waals surface area contributed by atoms with E-state index in [-0.39, 0.29) is 0 Å². The Morgan fingerprint density at radius 3 is 2.53 bits per heavy atom. The highest BCUT2D eigenvalue weighted by Crippen LogP contribution is 2.17. The van der Waals surface area contributed by atoms with E-state index in [1.54, 1.807) is 7.11 Å². The molecule has 0 aliphatic rings. The van der Waals surface area contributed by atoms with Gasteiger partial charge in [-0.15, -0.1) is 0 Å². The smallest absolute Gasteiger partial charge is 0.118 e. The fourth-order valence-corrected chi connectivity index (χ4v) is 2.10. The summed E-state index contributed by atoms with van der Waals surface area (Å²) >= 11 is 0. The maximum absolute atomic E-state index is 5.16. The number of benzene rings is 1. The second-order valence-electron chi connectivity index (χ2n) is 4.78. The van der Waals surface area contributed by atoms with E-state index in [1.807, 2.05) is 30.8 Å². The molecule has 0 bridgehead atoms. The number of ether oxygens (including phenoxy) is 1. The fourth-order valence-electron chi connectivity index (χ4n) is 2.10. The predicted molar refractivity (Wildman–Crippen MR) is 76.2 cm³/mol. The molecular weight excluding hydrogens is 238 g/mol. The highest BCUT2D eigenvalue weighted by molar-refractivity contribution is 5.28. The molecule has 1 unspecified atom stereocenters. The zero-order chi connectivity index (χ0) is 13.8. The Balaban J connectivity index is 1.96. The third-order valence-electron chi connectivity index (χ3n) is 3.30. The largest absolute Gasteiger partial charge is 0.497 e. The van der Waals surface area contributed by atoms with Crippen molar-refractivity contribution in [2.45, 2.75) is 26.4 Å². The Labute approximate surface area is 114 Å². The summed E-state index contributed by atoms with van der Waals surface area (Å²) in [4.78, 5) is 0. The minimum Gasteiger partial charge on any atom is -0.497 e. The molecule has 0 fully saturated rings. The molecule has 0 amide bonds. The van der Waals surface area contributed by atoms with Gasteiger partial charge in [0.25, 0.3) is 0 Å². The maximum Gasteiger partial charge on any atom is 0.118 e. The van der Waals surface area contributed by atoms with Gasteiger partial charge in [-0.2, -0.15) is 5.10 Å². The lowest BCUT2D eigenvalue weighted by atomic mass is 10.1. The lowest BCUT2D eigenvalue weighted by molar-refractivity contribution is 0.414. The van der Waals surface area contributed by atoms with Gasteiger partial charge in [-0.25, -0.2) is 0 Å². The van der Waals surface area contributed by atoms with E-state index in [2.05, 4.69) is 35.5 Å². The number of aromatic nitrogens is 2. The van der Waals surface area contributed by atoms with Crippen LogP contribution in [0.5, 0.6) is 5.75 Å². The summed E-state index contributed by atoms with van der Waals surface area (Å²) in [6, 6.07) is 10.5. The third-order valence-corrected chi connectivity index (χ3v) is 3.30. The Bertz CT molecular complexity index is 531. The normalized spacial score (nSPS) is 12.4. The van der Waals surface area contributed by atoms with Crippen LogP contribution in [0.15, 0.2) is 30.3 Å². The lowest BCUT2D eigenvalue weighted by Crippen LogP contribution is -2.19. The number of hydrogen-bond acceptors (Lipinski definition) is 3. The molecule has 0 aliphatic carbocycles. The zero-order valence-corrected chi connectivity index (χ0v) is 12.0. The Morgan fingerprint density at radius 2 is 2.00 bits per heavy atom. The van der Waals surface area contributed by atoms with Crippen molar-refractivity contribution in [1.82, 2.24) is 15.1 Å². The second-order valence-corrected chi connectivity index (χ2v) is 4.78. The van der Waals surface area contributed by atoms with E-state index in [0.717, 1.165) is 18.0 Å². The molecular formula is C15H21N3O. The van der Waals surface area contributed by atoms with Crippen molar-refractivity contribution < 1.29 is 4.74 Å². The summed E-state index contributed by atoms with van der Waals surface area (Å²) in [5, 5.41) is 7.85. The van der Waals surface area contributed by atoms with Gasteiger partial charge in [0, 0.05) is 19.6 Å². The Hall–Kier alpha value is -1.81. The molecule has 1 heterocycles. The van der Waals surface area contributed by atoms with Crippen molar-refractivity contribution in [2.75, 3.05) is 7.11 Å². The van der Waals surface area contributed by atoms with Gasteiger partial charge in [0.1, 0.15) is 5.75 Å². The van der Waals surface area contributed by atoms with Gasteiger partial charge in [-0.05, 0) is 37.6 Å². The molecule has 102 valence electrons. The molecule has 1 aromatic heterocycles. The van der Waals surface area contributed by atoms with Crippen LogP contribution in [0.25, 0.3) is 0 Å². The first-order valence-corrected chi connectivity index (χ1v) is 6.47. The van der Waals surface area contributed by atoms with E-state index in [1.165, 1.54) is 11.3 Å². The first-order chi connectivity index (χ1) is 9.10. The lowest BCUT2D eigenvalue weighted by Gasteiger charge is -2.14. The van der Waals surface area contributed by atoms with Crippen LogP contribution in [0.2, 0.25) is 0 Å². The monoisotopic (exact) mass is 259 g/mol. The quantitative estimate of drug-likeness (QED) is 0.897. The zero-order valence-electron chi connectivity index (χ0n) is 12.0. The molecule has 4 heteroatoms. The maximum atomic E-state index is 5.16. The predicted octanol–water partition coefficient (Wildman–Crippen LogP) is 2.59. The average molecular weight is 259 g/mol. The third kappa shape index (κ3) is 3.35. The number of methoxy groups -OCH3 is 1. The molecule has 0 spiro atoms. The summed E-state index contributed by atoms with van der Waals surface area (Å²) in [5.74, 6) is 0.887. The van der Waals surface area contributed by atoms with Crippen LogP contribution in [0, 0.1) is 6.92 Å². The number of aryl methyl sites for hydroxylation is 2. The molecule has 1 aromatic carbocycles. The summed E-state index contributed by atoms with van der Waals surface area (Å²) in [5.41, 5.74) is 3.49. The number of nitrogens with one attached hydrogen (secondary N) is 1. The van der Waals surface area contributed by atoms with Gasteiger partial charge < -0.3 is 10.1 Å². The van der Waals surface area contributed by atoms with E-state index >= 15 is 0 Å². The fraction of sp³-hybridized carbons (Fsp3) is 0.400. The van der Waals surface area contributed by atoms with E-state index in [0.29, 0.717) is 6.04 Å². The van der Waals surface area contributed by atoms with Crippen molar-refractivity contribution in [3.63, 3.8) is 0 Å². The van der Waals surface area contributed by atoms with Crippen LogP contribution in [-0.2, 0) is 13.6 Å². The molecule has 1 atom stereocenters. The van der Waals surface area contributed by atoms with Gasteiger partial charge in [0.15, 0.2) is 0 Å².